The van der Waals surface area contributed by atoms with Gasteiger partial charge >= 0.3 is 168 Å². The van der Waals surface area contributed by atoms with Crippen molar-refractivity contribution in [3.63, 3.8) is 0 Å². The van der Waals surface area contributed by atoms with Gasteiger partial charge in [0.05, 0.1) is 0 Å². The first kappa shape index (κ1) is 17.5. The van der Waals surface area contributed by atoms with E-state index in [-0.39, 0.29) is 0 Å². The van der Waals surface area contributed by atoms with Gasteiger partial charge in [0.25, 0.3) is 0 Å². The van der Waals surface area contributed by atoms with Gasteiger partial charge in [-0.2, -0.15) is 0 Å². The fourth-order valence-electron chi connectivity index (χ4n) is 4.90. The molecule has 1 saturated carbocycles. The van der Waals surface area contributed by atoms with Gasteiger partial charge in [0.2, 0.25) is 0 Å². The fraction of sp³-hybridized carbons (Fsp3) is 0.417. The third-order valence-electron chi connectivity index (χ3n) is 6.13. The van der Waals surface area contributed by atoms with Crippen LogP contribution in [0, 0.1) is 19.3 Å². The van der Waals surface area contributed by atoms with Gasteiger partial charge in [-0.15, -0.1) is 0 Å². The van der Waals surface area contributed by atoms with Crippen molar-refractivity contribution in [1.82, 2.24) is 0 Å². The summed E-state index contributed by atoms with van der Waals surface area (Å²) in [5.41, 5.74) is 10.8. The molecule has 0 bridgehead atoms. The molecule has 127 valence electrons. The number of hydrogen-bond donors (Lipinski definition) is 0. The first-order valence-corrected chi connectivity index (χ1v) is 11.0. The maximum absolute atomic E-state index is 2.55. The summed E-state index contributed by atoms with van der Waals surface area (Å²) in [6.07, 6.45) is 9.51. The molecule has 25 heavy (non-hydrogen) atoms. The Kier molecular flexibility index (Phi) is 4.65. The van der Waals surface area contributed by atoms with Crippen LogP contribution in [0.4, 0.5) is 0 Å². The summed E-state index contributed by atoms with van der Waals surface area (Å²) in [5, 5.41) is 0. The van der Waals surface area contributed by atoms with Crippen LogP contribution in [0.15, 0.2) is 42.0 Å². The Morgan fingerprint density at radius 2 is 1.72 bits per heavy atom. The topological polar surface area (TPSA) is 0 Å². The second-order valence-electron chi connectivity index (χ2n) is 8.53. The molecule has 1 heteroatoms. The monoisotopic (exact) mass is 405 g/mol. The van der Waals surface area contributed by atoms with Crippen molar-refractivity contribution in [3.8, 4) is 11.1 Å². The molecule has 1 atom stereocenters. The van der Waals surface area contributed by atoms with E-state index >= 15 is 0 Å². The molecule has 0 radical (unpaired) electrons. The Hall–Kier alpha value is -0.937. The van der Waals surface area contributed by atoms with Gasteiger partial charge in [0.15, 0.2) is 0 Å². The number of hydrogen-bond acceptors (Lipinski definition) is 0. The van der Waals surface area contributed by atoms with Crippen LogP contribution in [-0.4, -0.2) is 0 Å². The van der Waals surface area contributed by atoms with Gasteiger partial charge < -0.3 is 0 Å². The molecule has 2 aromatic carbocycles. The third kappa shape index (κ3) is 3.37. The van der Waals surface area contributed by atoms with E-state index < -0.39 is 0 Å². The third-order valence-corrected chi connectivity index (χ3v) is 7.80. The van der Waals surface area contributed by atoms with Crippen LogP contribution in [0.1, 0.15) is 64.9 Å². The molecule has 0 aromatic heterocycles. The second-order valence-corrected chi connectivity index (χ2v) is 9.95. The predicted octanol–water partition coefficient (Wildman–Crippen LogP) is 6.93. The van der Waals surface area contributed by atoms with E-state index in [1.165, 1.54) is 59.9 Å². The summed E-state index contributed by atoms with van der Waals surface area (Å²) in [4.78, 5) is 0. The number of fused-ring (bicyclic) bond motifs is 1. The first-order valence-electron chi connectivity index (χ1n) is 9.58. The van der Waals surface area contributed by atoms with Crippen molar-refractivity contribution in [1.29, 1.82) is 0 Å². The molecule has 4 rings (SSSR count). The molecule has 2 aromatic rings. The standard InChI is InChI=1S/C24H27.Zr/c1-17-11-18(2)13-21(12-17)22-8-6-7-20-14-19(15-23(20)22)16-24(3)9-4-5-10-24;/h6-8,11-15H,4-5,9-10,16H2,1-3H3;. The molecule has 0 aliphatic heterocycles. The predicted molar refractivity (Wildman–Crippen MR) is 103 cm³/mol. The van der Waals surface area contributed by atoms with Gasteiger partial charge in [-0.3, -0.25) is 0 Å². The summed E-state index contributed by atoms with van der Waals surface area (Å²) in [7, 11) is 0. The van der Waals surface area contributed by atoms with Crippen LogP contribution in [0.2, 0.25) is 0 Å². The van der Waals surface area contributed by atoms with Crippen molar-refractivity contribution >= 4 is 6.08 Å². The summed E-state index contributed by atoms with van der Waals surface area (Å²) in [6.45, 7) is 6.92. The average Bonchev–Trinajstić information content (AvgIpc) is 3.11. The molecular formula is C24H27Zr. The first-order chi connectivity index (χ1) is 12.0. The van der Waals surface area contributed by atoms with E-state index in [2.05, 4.69) is 63.2 Å². The Morgan fingerprint density at radius 3 is 2.40 bits per heavy atom. The summed E-state index contributed by atoms with van der Waals surface area (Å²) in [5.74, 6) is 0. The van der Waals surface area contributed by atoms with Crippen LogP contribution in [0.5, 0.6) is 0 Å². The van der Waals surface area contributed by atoms with Crippen LogP contribution in [0.3, 0.4) is 0 Å². The van der Waals surface area contributed by atoms with Gasteiger partial charge in [-0.1, -0.05) is 0 Å². The Morgan fingerprint density at radius 1 is 1.04 bits per heavy atom. The molecule has 0 saturated heterocycles. The molecular weight excluding hydrogens is 379 g/mol. The fourth-order valence-corrected chi connectivity index (χ4v) is 5.97. The molecule has 0 N–H and O–H groups in total. The summed E-state index contributed by atoms with van der Waals surface area (Å²) >= 11 is 1.64. The molecule has 0 spiro atoms. The van der Waals surface area contributed by atoms with Crippen LogP contribution < -0.4 is 0 Å². The number of benzene rings is 2. The number of aryl methyl sites for hydroxylation is 2. The Bertz CT molecular complexity index is 817. The van der Waals surface area contributed by atoms with Gasteiger partial charge in [0.1, 0.15) is 0 Å². The summed E-state index contributed by atoms with van der Waals surface area (Å²) < 4.78 is 0.658. The average molecular weight is 407 g/mol. The molecule has 2 aliphatic rings. The van der Waals surface area contributed by atoms with Crippen LogP contribution in [-0.2, 0) is 24.7 Å². The molecule has 1 fully saturated rings. The van der Waals surface area contributed by atoms with Crippen LogP contribution in [0.25, 0.3) is 17.2 Å². The quantitative estimate of drug-likeness (QED) is 0.518. The van der Waals surface area contributed by atoms with E-state index in [1.54, 1.807) is 35.9 Å². The number of allylic oxidation sites excluding steroid dienone is 1. The van der Waals surface area contributed by atoms with E-state index in [0.717, 1.165) is 0 Å². The summed E-state index contributed by atoms with van der Waals surface area (Å²) in [6, 6.07) is 13.9. The zero-order chi connectivity index (χ0) is 17.6. The van der Waals surface area contributed by atoms with Crippen molar-refractivity contribution in [3.05, 3.63) is 64.2 Å². The van der Waals surface area contributed by atoms with E-state index in [4.69, 9.17) is 0 Å². The van der Waals surface area contributed by atoms with Gasteiger partial charge in [0, 0.05) is 0 Å². The van der Waals surface area contributed by atoms with E-state index in [0.29, 0.717) is 9.04 Å². The van der Waals surface area contributed by atoms with E-state index in [9.17, 15) is 0 Å². The molecule has 0 amide bonds. The van der Waals surface area contributed by atoms with Crippen molar-refractivity contribution in [2.24, 2.45) is 5.41 Å². The molecule has 1 unspecified atom stereocenters. The zero-order valence-corrected chi connectivity index (χ0v) is 18.1. The van der Waals surface area contributed by atoms with Gasteiger partial charge in [-0.05, 0) is 0 Å². The zero-order valence-electron chi connectivity index (χ0n) is 15.7. The van der Waals surface area contributed by atoms with Gasteiger partial charge in [-0.25, -0.2) is 0 Å². The van der Waals surface area contributed by atoms with E-state index in [1.807, 2.05) is 0 Å². The Balaban J connectivity index is 1.75. The number of rotatable bonds is 3. The van der Waals surface area contributed by atoms with Crippen LogP contribution >= 0.6 is 0 Å². The maximum atomic E-state index is 2.55. The normalized spacial score (nSPS) is 21.2. The Labute approximate surface area is 167 Å². The SMILES string of the molecule is Cc1cc(C)cc(-c2cccc3c2C=C(CC2(C)CCCC2)[CH]3[Zr])c1. The second kappa shape index (κ2) is 6.66. The minimum atomic E-state index is 0.544. The minimum absolute atomic E-state index is 0.544. The van der Waals surface area contributed by atoms with Crippen molar-refractivity contribution in [2.45, 2.75) is 56.5 Å². The molecule has 0 heterocycles. The van der Waals surface area contributed by atoms with Crippen molar-refractivity contribution < 1.29 is 24.7 Å². The van der Waals surface area contributed by atoms with Crippen molar-refractivity contribution in [2.75, 3.05) is 0 Å². The molecule has 0 nitrogen and oxygen atoms in total. The molecule has 2 aliphatic carbocycles.